The van der Waals surface area contributed by atoms with Crippen LogP contribution < -0.4 is 25.6 Å². The van der Waals surface area contributed by atoms with E-state index in [1.165, 1.54) is 11.1 Å². The monoisotopic (exact) mass is 329 g/mol. The zero-order chi connectivity index (χ0) is 16.2. The number of rotatable bonds is 4. The summed E-state index contributed by atoms with van der Waals surface area (Å²) >= 11 is 5.28. The highest BCUT2D eigenvalue weighted by atomic mass is 32.1. The highest BCUT2D eigenvalue weighted by Gasteiger charge is 2.13. The standard InChI is InChI=1S/C17H19N3O2S/c1-11-5-12(2)7-14(6-11)19-20-17(23)18-9-13-3-4-15-16(8-13)22-10-21-15/h3-8,19H,9-10H2,1-2H3,(H2,18,20,23). The van der Waals surface area contributed by atoms with Gasteiger partial charge in [-0.25, -0.2) is 0 Å². The maximum Gasteiger partial charge on any atom is 0.231 e. The quantitative estimate of drug-likeness (QED) is 0.592. The van der Waals surface area contributed by atoms with Gasteiger partial charge in [0.2, 0.25) is 6.79 Å². The zero-order valence-corrected chi connectivity index (χ0v) is 13.9. The Morgan fingerprint density at radius 2 is 1.78 bits per heavy atom. The van der Waals surface area contributed by atoms with Crippen LogP contribution in [0.2, 0.25) is 0 Å². The number of thiocarbonyl (C=S) groups is 1. The fourth-order valence-electron chi connectivity index (χ4n) is 2.45. The van der Waals surface area contributed by atoms with E-state index in [0.717, 1.165) is 22.7 Å². The normalized spacial score (nSPS) is 11.9. The number of benzene rings is 2. The highest BCUT2D eigenvalue weighted by Crippen LogP contribution is 2.32. The first-order valence-electron chi connectivity index (χ1n) is 7.37. The minimum atomic E-state index is 0.284. The lowest BCUT2D eigenvalue weighted by Crippen LogP contribution is -2.38. The first kappa shape index (κ1) is 15.4. The Kier molecular flexibility index (Phi) is 4.52. The number of nitrogens with one attached hydrogen (secondary N) is 3. The van der Waals surface area contributed by atoms with Crippen molar-refractivity contribution in [2.75, 3.05) is 12.2 Å². The van der Waals surface area contributed by atoms with Crippen LogP contribution in [0.4, 0.5) is 5.69 Å². The highest BCUT2D eigenvalue weighted by molar-refractivity contribution is 7.80. The van der Waals surface area contributed by atoms with Crippen molar-refractivity contribution in [2.24, 2.45) is 0 Å². The van der Waals surface area contributed by atoms with Crippen LogP contribution in [0.5, 0.6) is 11.5 Å². The second-order valence-electron chi connectivity index (χ2n) is 5.50. The molecule has 0 aromatic heterocycles. The van der Waals surface area contributed by atoms with Crippen LogP contribution in [0.3, 0.4) is 0 Å². The molecule has 3 N–H and O–H groups in total. The topological polar surface area (TPSA) is 54.5 Å². The summed E-state index contributed by atoms with van der Waals surface area (Å²) in [6.45, 7) is 5.02. The van der Waals surface area contributed by atoms with Crippen molar-refractivity contribution in [3.8, 4) is 11.5 Å². The molecular formula is C17H19N3O2S. The molecule has 3 rings (SSSR count). The van der Waals surface area contributed by atoms with Gasteiger partial charge in [0, 0.05) is 6.54 Å². The molecule has 0 aliphatic carbocycles. The second kappa shape index (κ2) is 6.75. The van der Waals surface area contributed by atoms with Gasteiger partial charge in [-0.3, -0.25) is 10.9 Å². The van der Waals surface area contributed by atoms with Crippen LogP contribution in [-0.4, -0.2) is 11.9 Å². The molecule has 120 valence electrons. The third kappa shape index (κ3) is 4.04. The van der Waals surface area contributed by atoms with Gasteiger partial charge in [-0.15, -0.1) is 0 Å². The first-order valence-corrected chi connectivity index (χ1v) is 7.78. The van der Waals surface area contributed by atoms with E-state index in [0.29, 0.717) is 11.7 Å². The van der Waals surface area contributed by atoms with Crippen molar-refractivity contribution >= 4 is 23.0 Å². The van der Waals surface area contributed by atoms with E-state index in [2.05, 4.69) is 48.2 Å². The van der Waals surface area contributed by atoms with E-state index in [-0.39, 0.29) is 6.79 Å². The summed E-state index contributed by atoms with van der Waals surface area (Å²) < 4.78 is 10.7. The maximum atomic E-state index is 5.36. The molecule has 0 spiro atoms. The van der Waals surface area contributed by atoms with E-state index < -0.39 is 0 Å². The van der Waals surface area contributed by atoms with Crippen LogP contribution in [-0.2, 0) is 6.54 Å². The van der Waals surface area contributed by atoms with E-state index in [1.54, 1.807) is 0 Å². The molecule has 0 amide bonds. The lowest BCUT2D eigenvalue weighted by molar-refractivity contribution is 0.174. The molecule has 0 saturated carbocycles. The van der Waals surface area contributed by atoms with Gasteiger partial charge in [0.1, 0.15) is 0 Å². The molecule has 0 radical (unpaired) electrons. The predicted octanol–water partition coefficient (Wildman–Crippen LogP) is 3.02. The molecular weight excluding hydrogens is 310 g/mol. The van der Waals surface area contributed by atoms with Crippen LogP contribution in [0.1, 0.15) is 16.7 Å². The van der Waals surface area contributed by atoms with Gasteiger partial charge in [-0.1, -0.05) is 12.1 Å². The van der Waals surface area contributed by atoms with Crippen LogP contribution in [0.25, 0.3) is 0 Å². The fourth-order valence-corrected chi connectivity index (χ4v) is 2.58. The molecule has 2 aromatic carbocycles. The van der Waals surface area contributed by atoms with Crippen LogP contribution in [0, 0.1) is 13.8 Å². The van der Waals surface area contributed by atoms with Crippen molar-refractivity contribution in [3.63, 3.8) is 0 Å². The summed E-state index contributed by atoms with van der Waals surface area (Å²) in [5.41, 5.74) is 10.6. The van der Waals surface area contributed by atoms with E-state index in [4.69, 9.17) is 21.7 Å². The summed E-state index contributed by atoms with van der Waals surface area (Å²) in [6, 6.07) is 12.1. The predicted molar refractivity (Wildman–Crippen MR) is 94.7 cm³/mol. The molecule has 1 heterocycles. The van der Waals surface area contributed by atoms with Crippen molar-refractivity contribution in [2.45, 2.75) is 20.4 Å². The minimum absolute atomic E-state index is 0.284. The summed E-state index contributed by atoms with van der Waals surface area (Å²) in [5.74, 6) is 1.56. The molecule has 23 heavy (non-hydrogen) atoms. The molecule has 6 heteroatoms. The smallest absolute Gasteiger partial charge is 0.231 e. The molecule has 5 nitrogen and oxygen atoms in total. The van der Waals surface area contributed by atoms with Crippen molar-refractivity contribution in [1.82, 2.24) is 10.7 Å². The average molecular weight is 329 g/mol. The Morgan fingerprint density at radius 1 is 1.04 bits per heavy atom. The number of hydrazine groups is 1. The summed E-state index contributed by atoms with van der Waals surface area (Å²) in [4.78, 5) is 0. The third-order valence-corrected chi connectivity index (χ3v) is 3.68. The van der Waals surface area contributed by atoms with E-state index >= 15 is 0 Å². The Morgan fingerprint density at radius 3 is 2.57 bits per heavy atom. The van der Waals surface area contributed by atoms with Gasteiger partial charge in [0.25, 0.3) is 0 Å². The van der Waals surface area contributed by atoms with E-state index in [1.807, 2.05) is 18.2 Å². The summed E-state index contributed by atoms with van der Waals surface area (Å²) in [6.07, 6.45) is 0. The first-order chi connectivity index (χ1) is 11.1. The van der Waals surface area contributed by atoms with Gasteiger partial charge < -0.3 is 14.8 Å². The summed E-state index contributed by atoms with van der Waals surface area (Å²) in [7, 11) is 0. The van der Waals surface area contributed by atoms with Crippen molar-refractivity contribution < 1.29 is 9.47 Å². The maximum absolute atomic E-state index is 5.36. The van der Waals surface area contributed by atoms with Crippen molar-refractivity contribution in [3.05, 3.63) is 53.1 Å². The number of hydrogen-bond acceptors (Lipinski definition) is 4. The van der Waals surface area contributed by atoms with Gasteiger partial charge in [-0.2, -0.15) is 0 Å². The number of fused-ring (bicyclic) bond motifs is 1. The largest absolute Gasteiger partial charge is 0.454 e. The molecule has 0 saturated heterocycles. The Bertz CT molecular complexity index is 714. The molecule has 0 fully saturated rings. The zero-order valence-electron chi connectivity index (χ0n) is 13.1. The molecule has 2 aromatic rings. The third-order valence-electron chi connectivity index (χ3n) is 3.43. The van der Waals surface area contributed by atoms with Gasteiger partial charge in [-0.05, 0) is 67.0 Å². The summed E-state index contributed by atoms with van der Waals surface area (Å²) in [5, 5.41) is 3.68. The van der Waals surface area contributed by atoms with Crippen LogP contribution >= 0.6 is 12.2 Å². The average Bonchev–Trinajstić information content (AvgIpc) is 2.97. The van der Waals surface area contributed by atoms with Crippen LogP contribution in [0.15, 0.2) is 36.4 Å². The Labute approximate surface area is 141 Å². The minimum Gasteiger partial charge on any atom is -0.454 e. The molecule has 1 aliphatic rings. The van der Waals surface area contributed by atoms with E-state index in [9.17, 15) is 0 Å². The SMILES string of the molecule is Cc1cc(C)cc(NNC(=S)NCc2ccc3c(c2)OCO3)c1. The fraction of sp³-hybridized carbons (Fsp3) is 0.235. The van der Waals surface area contributed by atoms with Gasteiger partial charge in [0.05, 0.1) is 5.69 Å². The van der Waals surface area contributed by atoms with Crippen molar-refractivity contribution in [1.29, 1.82) is 0 Å². The lowest BCUT2D eigenvalue weighted by atomic mass is 10.1. The lowest BCUT2D eigenvalue weighted by Gasteiger charge is -2.13. The molecule has 0 bridgehead atoms. The second-order valence-corrected chi connectivity index (χ2v) is 5.90. The van der Waals surface area contributed by atoms with Gasteiger partial charge >= 0.3 is 0 Å². The Balaban J connectivity index is 1.49. The molecule has 0 atom stereocenters. The molecule has 0 unspecified atom stereocenters. The number of ether oxygens (including phenoxy) is 2. The number of aryl methyl sites for hydroxylation is 2. The number of hydrogen-bond donors (Lipinski definition) is 3. The van der Waals surface area contributed by atoms with Gasteiger partial charge in [0.15, 0.2) is 16.6 Å². The Hall–Kier alpha value is -2.47. The molecule has 1 aliphatic heterocycles. The number of anilines is 1.